The van der Waals surface area contributed by atoms with Gasteiger partial charge >= 0.3 is 0 Å². The third-order valence-electron chi connectivity index (χ3n) is 4.50. The van der Waals surface area contributed by atoms with Gasteiger partial charge in [-0.3, -0.25) is 0 Å². The van der Waals surface area contributed by atoms with Gasteiger partial charge in [0.15, 0.2) is 0 Å². The van der Waals surface area contributed by atoms with Gasteiger partial charge in [0, 0.05) is 31.9 Å². The maximum Gasteiger partial charge on any atom is 0.279 e. The van der Waals surface area contributed by atoms with Crippen molar-refractivity contribution in [1.82, 2.24) is 14.0 Å². The van der Waals surface area contributed by atoms with E-state index < -0.39 is 10.2 Å². The fourth-order valence-electron chi connectivity index (χ4n) is 3.01. The zero-order valence-electron chi connectivity index (χ0n) is 15.6. The summed E-state index contributed by atoms with van der Waals surface area (Å²) in [5, 5.41) is 0. The zero-order chi connectivity index (χ0) is 19.3. The van der Waals surface area contributed by atoms with Gasteiger partial charge in [-0.05, 0) is 54.7 Å². The van der Waals surface area contributed by atoms with E-state index in [1.807, 2.05) is 0 Å². The Labute approximate surface area is 160 Å². The number of aromatic nitrogens is 1. The van der Waals surface area contributed by atoms with Gasteiger partial charge in [0.1, 0.15) is 11.5 Å². The second kappa shape index (κ2) is 8.69. The molecule has 27 heavy (non-hydrogen) atoms. The van der Waals surface area contributed by atoms with E-state index in [1.54, 1.807) is 49.7 Å². The van der Waals surface area contributed by atoms with E-state index in [0.29, 0.717) is 30.6 Å². The second-order valence-corrected chi connectivity index (χ2v) is 8.47. The van der Waals surface area contributed by atoms with Gasteiger partial charge in [-0.25, -0.2) is 4.98 Å². The smallest absolute Gasteiger partial charge is 0.279 e. The summed E-state index contributed by atoms with van der Waals surface area (Å²) in [6.45, 7) is 3.40. The molecule has 0 unspecified atom stereocenters. The number of pyridine rings is 1. The number of ether oxygens (including phenoxy) is 2. The van der Waals surface area contributed by atoms with Gasteiger partial charge < -0.3 is 9.47 Å². The summed E-state index contributed by atoms with van der Waals surface area (Å²) in [4.78, 5) is 4.18. The first-order chi connectivity index (χ1) is 13.0. The molecule has 8 heteroatoms. The number of rotatable bonds is 7. The maximum atomic E-state index is 12.5. The predicted octanol–water partition coefficient (Wildman–Crippen LogP) is 2.95. The van der Waals surface area contributed by atoms with Crippen molar-refractivity contribution in [1.29, 1.82) is 0 Å². The normalized spacial score (nSPS) is 18.2. The van der Waals surface area contributed by atoms with E-state index in [2.05, 4.69) is 16.6 Å². The molecule has 0 saturated carbocycles. The molecular formula is C19H25N3O4S. The lowest BCUT2D eigenvalue weighted by atomic mass is 10.0. The molecule has 1 atom stereocenters. The number of hydrogen-bond donors (Lipinski definition) is 1. The molecule has 1 aromatic heterocycles. The van der Waals surface area contributed by atoms with Crippen molar-refractivity contribution in [3.63, 3.8) is 0 Å². The molecule has 1 aliphatic heterocycles. The molecule has 2 aromatic rings. The molecule has 1 aliphatic rings. The molecule has 1 fully saturated rings. The van der Waals surface area contributed by atoms with Gasteiger partial charge in [0.2, 0.25) is 5.88 Å². The number of nitrogens with zero attached hydrogens (tertiary/aromatic N) is 2. The molecule has 0 aliphatic carbocycles. The second-order valence-electron chi connectivity index (χ2n) is 6.71. The molecule has 0 amide bonds. The fraction of sp³-hybridized carbons (Fsp3) is 0.421. The summed E-state index contributed by atoms with van der Waals surface area (Å²) < 4.78 is 40.0. The van der Waals surface area contributed by atoms with Crippen molar-refractivity contribution in [3.05, 3.63) is 48.2 Å². The summed E-state index contributed by atoms with van der Waals surface area (Å²) in [6, 6.07) is 10.7. The quantitative estimate of drug-likeness (QED) is 0.785. The Balaban J connectivity index is 1.61. The standard InChI is InChI=1S/C19H25N3O4S/c1-15-4-3-11-22(14-15)27(23,24)21-13-16-9-10-20-19(12-16)26-18-7-5-17(25-2)6-8-18/h5-10,12,15,21H,3-4,11,13-14H2,1-2H3/t15-/m1/s1. The van der Waals surface area contributed by atoms with Crippen molar-refractivity contribution in [2.75, 3.05) is 20.2 Å². The topological polar surface area (TPSA) is 80.8 Å². The van der Waals surface area contributed by atoms with E-state index in [-0.39, 0.29) is 6.54 Å². The summed E-state index contributed by atoms with van der Waals surface area (Å²) in [5.74, 6) is 2.16. The molecule has 1 N–H and O–H groups in total. The highest BCUT2D eigenvalue weighted by molar-refractivity contribution is 7.87. The predicted molar refractivity (Wildman–Crippen MR) is 103 cm³/mol. The number of nitrogens with one attached hydrogen (secondary N) is 1. The van der Waals surface area contributed by atoms with Crippen LogP contribution in [0, 0.1) is 5.92 Å². The number of piperidine rings is 1. The SMILES string of the molecule is COc1ccc(Oc2cc(CNS(=O)(=O)N3CCC[C@@H](C)C3)ccn2)cc1. The lowest BCUT2D eigenvalue weighted by molar-refractivity contribution is 0.278. The Morgan fingerprint density at radius 3 is 2.67 bits per heavy atom. The zero-order valence-corrected chi connectivity index (χ0v) is 16.4. The average Bonchev–Trinajstić information content (AvgIpc) is 2.67. The molecule has 146 valence electrons. The molecule has 0 bridgehead atoms. The van der Waals surface area contributed by atoms with E-state index in [9.17, 15) is 8.42 Å². The van der Waals surface area contributed by atoms with Gasteiger partial charge in [-0.1, -0.05) is 6.92 Å². The lowest BCUT2D eigenvalue weighted by Gasteiger charge is -2.29. The van der Waals surface area contributed by atoms with Crippen LogP contribution in [0.2, 0.25) is 0 Å². The van der Waals surface area contributed by atoms with Crippen LogP contribution in [0.5, 0.6) is 17.4 Å². The Kier molecular flexibility index (Phi) is 6.30. The van der Waals surface area contributed by atoms with Crippen LogP contribution >= 0.6 is 0 Å². The molecule has 2 heterocycles. The Morgan fingerprint density at radius 2 is 1.96 bits per heavy atom. The van der Waals surface area contributed by atoms with Crippen molar-refractivity contribution in [3.8, 4) is 17.4 Å². The summed E-state index contributed by atoms with van der Waals surface area (Å²) >= 11 is 0. The van der Waals surface area contributed by atoms with Crippen molar-refractivity contribution in [2.45, 2.75) is 26.3 Å². The molecular weight excluding hydrogens is 366 g/mol. The first-order valence-corrected chi connectivity index (χ1v) is 10.4. The summed E-state index contributed by atoms with van der Waals surface area (Å²) in [5.41, 5.74) is 0.780. The summed E-state index contributed by atoms with van der Waals surface area (Å²) in [7, 11) is -1.88. The largest absolute Gasteiger partial charge is 0.497 e. The van der Waals surface area contributed by atoms with Crippen molar-refractivity contribution in [2.24, 2.45) is 5.92 Å². The minimum absolute atomic E-state index is 0.189. The number of hydrogen-bond acceptors (Lipinski definition) is 5. The molecule has 1 aromatic carbocycles. The third kappa shape index (κ3) is 5.41. The molecule has 0 spiro atoms. The van der Waals surface area contributed by atoms with E-state index in [4.69, 9.17) is 9.47 Å². The van der Waals surface area contributed by atoms with Crippen LogP contribution in [0.25, 0.3) is 0 Å². The van der Waals surface area contributed by atoms with E-state index in [0.717, 1.165) is 24.2 Å². The monoisotopic (exact) mass is 391 g/mol. The molecule has 7 nitrogen and oxygen atoms in total. The van der Waals surface area contributed by atoms with Crippen LogP contribution in [0.15, 0.2) is 42.6 Å². The fourth-order valence-corrected chi connectivity index (χ4v) is 4.36. The van der Waals surface area contributed by atoms with Gasteiger partial charge in [-0.2, -0.15) is 17.4 Å². The highest BCUT2D eigenvalue weighted by atomic mass is 32.2. The Bertz CT molecular complexity index is 856. The Hall–Kier alpha value is -2.16. The highest BCUT2D eigenvalue weighted by Crippen LogP contribution is 2.23. The summed E-state index contributed by atoms with van der Waals surface area (Å²) in [6.07, 6.45) is 3.57. The first kappa shape index (κ1) is 19.6. The van der Waals surface area contributed by atoms with Crippen molar-refractivity contribution < 1.29 is 17.9 Å². The number of benzene rings is 1. The molecule has 1 saturated heterocycles. The van der Waals surface area contributed by atoms with Crippen LogP contribution in [-0.4, -0.2) is 37.9 Å². The average molecular weight is 391 g/mol. The third-order valence-corrected chi connectivity index (χ3v) is 6.02. The highest BCUT2D eigenvalue weighted by Gasteiger charge is 2.26. The number of methoxy groups -OCH3 is 1. The maximum absolute atomic E-state index is 12.5. The minimum atomic E-state index is -3.49. The van der Waals surface area contributed by atoms with Crippen LogP contribution in [0.3, 0.4) is 0 Å². The van der Waals surface area contributed by atoms with Crippen LogP contribution < -0.4 is 14.2 Å². The van der Waals surface area contributed by atoms with E-state index >= 15 is 0 Å². The van der Waals surface area contributed by atoms with Gasteiger partial charge in [0.05, 0.1) is 7.11 Å². The van der Waals surface area contributed by atoms with Gasteiger partial charge in [0.25, 0.3) is 10.2 Å². The van der Waals surface area contributed by atoms with Gasteiger partial charge in [-0.15, -0.1) is 0 Å². The van der Waals surface area contributed by atoms with Crippen LogP contribution in [-0.2, 0) is 16.8 Å². The van der Waals surface area contributed by atoms with E-state index in [1.165, 1.54) is 4.31 Å². The first-order valence-electron chi connectivity index (χ1n) is 8.98. The van der Waals surface area contributed by atoms with Crippen molar-refractivity contribution >= 4 is 10.2 Å². The van der Waals surface area contributed by atoms with Crippen LogP contribution in [0.4, 0.5) is 0 Å². The lowest BCUT2D eigenvalue weighted by Crippen LogP contribution is -2.45. The minimum Gasteiger partial charge on any atom is -0.497 e. The Morgan fingerprint density at radius 1 is 1.22 bits per heavy atom. The molecule has 0 radical (unpaired) electrons. The van der Waals surface area contributed by atoms with Crippen LogP contribution in [0.1, 0.15) is 25.3 Å². The molecule has 3 rings (SSSR count).